The summed E-state index contributed by atoms with van der Waals surface area (Å²) in [5.74, 6) is -0.306. The Morgan fingerprint density at radius 3 is 2.05 bits per heavy atom. The average molecular weight is 604 g/mol. The minimum atomic E-state index is -4.07. The van der Waals surface area contributed by atoms with Gasteiger partial charge in [-0.15, -0.1) is 0 Å². The van der Waals surface area contributed by atoms with Gasteiger partial charge >= 0.3 is 0 Å². The van der Waals surface area contributed by atoms with Crippen LogP contribution in [0.5, 0.6) is 0 Å². The smallest absolute Gasteiger partial charge is 0.264 e. The topological polar surface area (TPSA) is 86.8 Å². The standard InChI is InChI=1S/C35H45N3O4S/c1-4-33(35(40)36-30-16-10-6-11-17-30)37(25-24-28-14-8-5-9-15-28)34(39)26-38(31-22-20-29(21-23-31)27(2)3)43(41,42)32-18-12-7-13-19-32/h5,7-9,12-15,18-23,27,30,33H,4,6,10-11,16-17,24-26H2,1-3H3,(H,36,40)/t33-/m1/s1. The van der Waals surface area contributed by atoms with Gasteiger partial charge in [-0.3, -0.25) is 13.9 Å². The largest absolute Gasteiger partial charge is 0.352 e. The van der Waals surface area contributed by atoms with Crippen LogP contribution in [0.4, 0.5) is 5.69 Å². The third-order valence-corrected chi connectivity index (χ3v) is 10.1. The maximum absolute atomic E-state index is 14.2. The van der Waals surface area contributed by atoms with Crippen molar-refractivity contribution in [2.24, 2.45) is 0 Å². The first kappa shape index (κ1) is 32.3. The Morgan fingerprint density at radius 1 is 0.860 bits per heavy atom. The van der Waals surface area contributed by atoms with E-state index in [-0.39, 0.29) is 22.8 Å². The van der Waals surface area contributed by atoms with Crippen molar-refractivity contribution in [3.8, 4) is 0 Å². The first-order valence-electron chi connectivity index (χ1n) is 15.5. The summed E-state index contributed by atoms with van der Waals surface area (Å²) >= 11 is 0. The lowest BCUT2D eigenvalue weighted by molar-refractivity contribution is -0.140. The summed E-state index contributed by atoms with van der Waals surface area (Å²) in [6, 6.07) is 24.7. The highest BCUT2D eigenvalue weighted by Gasteiger charge is 2.34. The zero-order valence-corrected chi connectivity index (χ0v) is 26.4. The Labute approximate surface area is 257 Å². The number of rotatable bonds is 13. The van der Waals surface area contributed by atoms with Crippen LogP contribution in [0, 0.1) is 0 Å². The molecule has 2 amide bonds. The number of sulfonamides is 1. The first-order chi connectivity index (χ1) is 20.7. The third kappa shape index (κ3) is 8.47. The molecule has 1 fully saturated rings. The van der Waals surface area contributed by atoms with Crippen LogP contribution in [-0.4, -0.2) is 50.3 Å². The molecule has 0 spiro atoms. The van der Waals surface area contributed by atoms with Crippen molar-refractivity contribution >= 4 is 27.5 Å². The van der Waals surface area contributed by atoms with Gasteiger partial charge < -0.3 is 10.2 Å². The lowest BCUT2D eigenvalue weighted by Gasteiger charge is -2.34. The number of nitrogens with zero attached hydrogens (tertiary/aromatic N) is 2. The minimum Gasteiger partial charge on any atom is -0.352 e. The molecular formula is C35H45N3O4S. The average Bonchev–Trinajstić information content (AvgIpc) is 3.03. The second-order valence-electron chi connectivity index (χ2n) is 11.7. The van der Waals surface area contributed by atoms with E-state index < -0.39 is 28.5 Å². The van der Waals surface area contributed by atoms with Crippen LogP contribution in [0.3, 0.4) is 0 Å². The van der Waals surface area contributed by atoms with Crippen molar-refractivity contribution in [1.29, 1.82) is 0 Å². The van der Waals surface area contributed by atoms with Gasteiger partial charge in [0.1, 0.15) is 12.6 Å². The Morgan fingerprint density at radius 2 is 1.47 bits per heavy atom. The van der Waals surface area contributed by atoms with E-state index in [2.05, 4.69) is 19.2 Å². The number of carbonyl (C=O) groups excluding carboxylic acids is 2. The number of hydrogen-bond acceptors (Lipinski definition) is 4. The van der Waals surface area contributed by atoms with Gasteiger partial charge in [0.2, 0.25) is 11.8 Å². The van der Waals surface area contributed by atoms with Crippen LogP contribution in [0.15, 0.2) is 89.8 Å². The Hall–Kier alpha value is -3.65. The van der Waals surface area contributed by atoms with Crippen LogP contribution in [0.25, 0.3) is 0 Å². The fourth-order valence-corrected chi connectivity index (χ4v) is 7.15. The van der Waals surface area contributed by atoms with Crippen molar-refractivity contribution in [3.63, 3.8) is 0 Å². The molecule has 0 aliphatic heterocycles. The van der Waals surface area contributed by atoms with Crippen LogP contribution in [-0.2, 0) is 26.0 Å². The number of anilines is 1. The highest BCUT2D eigenvalue weighted by molar-refractivity contribution is 7.92. The first-order valence-corrected chi connectivity index (χ1v) is 17.0. The molecule has 3 aromatic carbocycles. The summed E-state index contributed by atoms with van der Waals surface area (Å²) in [5, 5.41) is 3.20. The molecule has 0 radical (unpaired) electrons. The molecule has 1 aliphatic carbocycles. The summed E-state index contributed by atoms with van der Waals surface area (Å²) in [4.78, 5) is 29.6. The molecule has 230 valence electrons. The summed E-state index contributed by atoms with van der Waals surface area (Å²) in [6.07, 6.45) is 6.20. The Bertz CT molecular complexity index is 1420. The van der Waals surface area contributed by atoms with Gasteiger partial charge in [0, 0.05) is 12.6 Å². The highest BCUT2D eigenvalue weighted by Crippen LogP contribution is 2.27. The van der Waals surface area contributed by atoms with E-state index in [4.69, 9.17) is 0 Å². The van der Waals surface area contributed by atoms with Crippen molar-refractivity contribution < 1.29 is 18.0 Å². The molecule has 0 unspecified atom stereocenters. The predicted octanol–water partition coefficient (Wildman–Crippen LogP) is 6.30. The van der Waals surface area contributed by atoms with Crippen LogP contribution >= 0.6 is 0 Å². The summed E-state index contributed by atoms with van der Waals surface area (Å²) in [7, 11) is -4.07. The Balaban J connectivity index is 1.66. The van der Waals surface area contributed by atoms with Crippen molar-refractivity contribution in [3.05, 3.63) is 96.1 Å². The summed E-state index contributed by atoms with van der Waals surface area (Å²) in [5.41, 5.74) is 2.52. The lowest BCUT2D eigenvalue weighted by atomic mass is 9.95. The van der Waals surface area contributed by atoms with E-state index in [1.54, 1.807) is 35.2 Å². The van der Waals surface area contributed by atoms with Crippen LogP contribution in [0.2, 0.25) is 0 Å². The highest BCUT2D eigenvalue weighted by atomic mass is 32.2. The van der Waals surface area contributed by atoms with E-state index >= 15 is 0 Å². The molecule has 0 bridgehead atoms. The maximum Gasteiger partial charge on any atom is 0.264 e. The monoisotopic (exact) mass is 603 g/mol. The van der Waals surface area contributed by atoms with E-state index in [0.29, 0.717) is 25.1 Å². The van der Waals surface area contributed by atoms with Gasteiger partial charge in [0.05, 0.1) is 10.6 Å². The molecule has 1 saturated carbocycles. The molecule has 8 heteroatoms. The molecule has 3 aromatic rings. The van der Waals surface area contributed by atoms with Gasteiger partial charge in [0.15, 0.2) is 0 Å². The molecule has 7 nitrogen and oxygen atoms in total. The summed E-state index contributed by atoms with van der Waals surface area (Å²) < 4.78 is 29.2. The summed E-state index contributed by atoms with van der Waals surface area (Å²) in [6.45, 7) is 5.93. The zero-order chi connectivity index (χ0) is 30.8. The van der Waals surface area contributed by atoms with Gasteiger partial charge in [-0.2, -0.15) is 0 Å². The van der Waals surface area contributed by atoms with Crippen molar-refractivity contribution in [2.75, 3.05) is 17.4 Å². The SMILES string of the molecule is CC[C@H](C(=O)NC1CCCCC1)N(CCc1ccccc1)C(=O)CN(c1ccc(C(C)C)cc1)S(=O)(=O)c1ccccc1. The second kappa shape index (κ2) is 15.2. The third-order valence-electron chi connectivity index (χ3n) is 8.28. The van der Waals surface area contributed by atoms with E-state index in [9.17, 15) is 18.0 Å². The van der Waals surface area contributed by atoms with Gasteiger partial charge in [-0.05, 0) is 67.0 Å². The Kier molecular flexibility index (Phi) is 11.4. The molecule has 1 atom stereocenters. The predicted molar refractivity (Wildman–Crippen MR) is 172 cm³/mol. The fourth-order valence-electron chi connectivity index (χ4n) is 5.71. The molecule has 0 saturated heterocycles. The van der Waals surface area contributed by atoms with Crippen molar-refractivity contribution in [1.82, 2.24) is 10.2 Å². The van der Waals surface area contributed by atoms with E-state index in [1.807, 2.05) is 49.4 Å². The molecule has 1 aliphatic rings. The van der Waals surface area contributed by atoms with Crippen LogP contribution < -0.4 is 9.62 Å². The minimum absolute atomic E-state index is 0.105. The van der Waals surface area contributed by atoms with Gasteiger partial charge in [0.25, 0.3) is 10.0 Å². The number of amides is 2. The maximum atomic E-state index is 14.2. The molecule has 0 heterocycles. The second-order valence-corrected chi connectivity index (χ2v) is 13.5. The van der Waals surface area contributed by atoms with Crippen molar-refractivity contribution in [2.45, 2.75) is 88.6 Å². The number of hydrogen-bond donors (Lipinski definition) is 1. The van der Waals surface area contributed by atoms with E-state index in [0.717, 1.165) is 36.8 Å². The van der Waals surface area contributed by atoms with E-state index in [1.165, 1.54) is 22.9 Å². The number of benzene rings is 3. The van der Waals surface area contributed by atoms with Crippen LogP contribution in [0.1, 0.15) is 76.3 Å². The molecular weight excluding hydrogens is 558 g/mol. The lowest BCUT2D eigenvalue weighted by Crippen LogP contribution is -2.54. The number of nitrogens with one attached hydrogen (secondary N) is 1. The molecule has 1 N–H and O–H groups in total. The molecule has 4 rings (SSSR count). The quantitative estimate of drug-likeness (QED) is 0.248. The van der Waals surface area contributed by atoms with Gasteiger partial charge in [-0.25, -0.2) is 8.42 Å². The normalized spacial score (nSPS) is 14.7. The fraction of sp³-hybridized carbons (Fsp3) is 0.429. The number of carbonyl (C=O) groups is 2. The molecule has 0 aromatic heterocycles. The zero-order valence-electron chi connectivity index (χ0n) is 25.6. The van der Waals surface area contributed by atoms with Gasteiger partial charge in [-0.1, -0.05) is 101 Å². The molecule has 43 heavy (non-hydrogen) atoms.